The van der Waals surface area contributed by atoms with Crippen molar-refractivity contribution >= 4 is 31.0 Å². The summed E-state index contributed by atoms with van der Waals surface area (Å²) in [5, 5.41) is 0.990. The van der Waals surface area contributed by atoms with Gasteiger partial charge in [0, 0.05) is 23.6 Å². The van der Waals surface area contributed by atoms with Gasteiger partial charge < -0.3 is 4.98 Å². The molecule has 0 radical (unpaired) electrons. The molecule has 1 aromatic carbocycles. The number of unbranched alkanes of at least 4 members (excludes halogenated alkanes) is 1. The maximum Gasteiger partial charge on any atom is 0.264 e. The van der Waals surface area contributed by atoms with Crippen molar-refractivity contribution in [3.63, 3.8) is 0 Å². The van der Waals surface area contributed by atoms with Gasteiger partial charge in [0.05, 0.1) is 12.0 Å². The van der Waals surface area contributed by atoms with Crippen LogP contribution in [0.1, 0.15) is 24.0 Å². The fourth-order valence-electron chi connectivity index (χ4n) is 2.36. The first-order valence-corrected chi connectivity index (χ1v) is 10.6. The lowest BCUT2D eigenvalue weighted by Gasteiger charge is -2.04. The summed E-state index contributed by atoms with van der Waals surface area (Å²) in [5.41, 5.74) is 2.83. The molecule has 2 rings (SSSR count). The zero-order valence-electron chi connectivity index (χ0n) is 12.7. The molecule has 23 heavy (non-hydrogen) atoms. The molecular formula is C14H20N2O5S2. The Bertz CT molecular complexity index is 885. The average Bonchev–Trinajstić information content (AvgIpc) is 2.82. The quantitative estimate of drug-likeness (QED) is 0.486. The van der Waals surface area contributed by atoms with Crippen LogP contribution in [0.25, 0.3) is 10.9 Å². The van der Waals surface area contributed by atoms with Gasteiger partial charge in [-0.1, -0.05) is 6.07 Å². The first kappa shape index (κ1) is 17.9. The molecule has 2 aromatic rings. The van der Waals surface area contributed by atoms with Crippen molar-refractivity contribution in [3.05, 3.63) is 35.5 Å². The Hall–Kier alpha value is -1.42. The highest BCUT2D eigenvalue weighted by Gasteiger charge is 2.08. The zero-order chi connectivity index (χ0) is 17.1. The molecule has 0 unspecified atom stereocenters. The van der Waals surface area contributed by atoms with Crippen molar-refractivity contribution in [2.24, 2.45) is 0 Å². The topological polar surface area (TPSA) is 116 Å². The van der Waals surface area contributed by atoms with E-state index >= 15 is 0 Å². The lowest BCUT2D eigenvalue weighted by Crippen LogP contribution is -2.21. The highest BCUT2D eigenvalue weighted by molar-refractivity contribution is 7.88. The Morgan fingerprint density at radius 2 is 1.91 bits per heavy atom. The molecule has 0 spiro atoms. The van der Waals surface area contributed by atoms with Crippen LogP contribution in [0.3, 0.4) is 0 Å². The second-order valence-electron chi connectivity index (χ2n) is 5.53. The summed E-state index contributed by atoms with van der Waals surface area (Å²) in [5.74, 6) is -0.237. The van der Waals surface area contributed by atoms with E-state index in [1.807, 2.05) is 24.4 Å². The Balaban J connectivity index is 2.06. The summed E-state index contributed by atoms with van der Waals surface area (Å²) in [7, 11) is -7.15. The highest BCUT2D eigenvalue weighted by Crippen LogP contribution is 2.21. The van der Waals surface area contributed by atoms with Crippen LogP contribution >= 0.6 is 0 Å². The van der Waals surface area contributed by atoms with Crippen LogP contribution in [0, 0.1) is 0 Å². The van der Waals surface area contributed by atoms with Gasteiger partial charge in [0.2, 0.25) is 10.0 Å². The fourth-order valence-corrected chi connectivity index (χ4v) is 3.35. The third-order valence-electron chi connectivity index (χ3n) is 3.47. The Morgan fingerprint density at radius 3 is 2.57 bits per heavy atom. The van der Waals surface area contributed by atoms with E-state index < -0.39 is 20.1 Å². The molecule has 7 nitrogen and oxygen atoms in total. The third-order valence-corrected chi connectivity index (χ3v) is 4.94. The van der Waals surface area contributed by atoms with Crippen LogP contribution in [-0.2, 0) is 33.1 Å². The van der Waals surface area contributed by atoms with E-state index in [4.69, 9.17) is 4.55 Å². The van der Waals surface area contributed by atoms with Crippen molar-refractivity contribution in [1.82, 2.24) is 9.71 Å². The maximum atomic E-state index is 11.2. The van der Waals surface area contributed by atoms with E-state index in [-0.39, 0.29) is 12.3 Å². The lowest BCUT2D eigenvalue weighted by atomic mass is 10.1. The average molecular weight is 360 g/mol. The summed E-state index contributed by atoms with van der Waals surface area (Å²) in [6.45, 7) is 0.224. The van der Waals surface area contributed by atoms with Gasteiger partial charge in [-0.2, -0.15) is 8.42 Å². The number of aromatic nitrogens is 1. The molecule has 0 aliphatic heterocycles. The minimum Gasteiger partial charge on any atom is -0.361 e. The van der Waals surface area contributed by atoms with Gasteiger partial charge in [-0.3, -0.25) is 4.55 Å². The van der Waals surface area contributed by atoms with Gasteiger partial charge >= 0.3 is 0 Å². The number of rotatable bonds is 8. The monoisotopic (exact) mass is 360 g/mol. The Labute approximate surface area is 135 Å². The number of hydrogen-bond donors (Lipinski definition) is 3. The number of benzene rings is 1. The van der Waals surface area contributed by atoms with Gasteiger partial charge in [-0.25, -0.2) is 13.1 Å². The van der Waals surface area contributed by atoms with Gasteiger partial charge in [-0.05, 0) is 42.5 Å². The molecule has 0 amide bonds. The molecule has 3 N–H and O–H groups in total. The van der Waals surface area contributed by atoms with E-state index in [1.165, 1.54) is 0 Å². The molecule has 0 fully saturated rings. The predicted octanol–water partition coefficient (Wildman–Crippen LogP) is 1.43. The van der Waals surface area contributed by atoms with E-state index in [1.54, 1.807) is 0 Å². The molecular weight excluding hydrogens is 340 g/mol. The van der Waals surface area contributed by atoms with E-state index in [2.05, 4.69) is 9.71 Å². The summed E-state index contributed by atoms with van der Waals surface area (Å²) >= 11 is 0. The van der Waals surface area contributed by atoms with Crippen LogP contribution in [0.15, 0.2) is 24.4 Å². The Kier molecular flexibility index (Phi) is 5.45. The SMILES string of the molecule is CS(=O)(=O)NCc1ccc2[nH]cc(CCCCS(=O)(=O)O)c2c1. The van der Waals surface area contributed by atoms with Crippen molar-refractivity contribution in [3.8, 4) is 0 Å². The number of aryl methyl sites for hydroxylation is 1. The standard InChI is InChI=1S/C14H20N2O5S2/c1-22(17,18)16-9-11-5-6-14-13(8-11)12(10-15-14)4-2-3-7-23(19,20)21/h5-6,8,10,15-16H,2-4,7,9H2,1H3,(H,19,20,21). The largest absolute Gasteiger partial charge is 0.361 e. The first-order valence-electron chi connectivity index (χ1n) is 7.13. The van der Waals surface area contributed by atoms with Gasteiger partial charge in [0.1, 0.15) is 0 Å². The zero-order valence-corrected chi connectivity index (χ0v) is 14.4. The number of sulfonamides is 1. The molecule has 0 bridgehead atoms. The van der Waals surface area contributed by atoms with Crippen molar-refractivity contribution in [2.75, 3.05) is 12.0 Å². The summed E-state index contributed by atoms with van der Waals surface area (Å²) in [4.78, 5) is 3.14. The number of nitrogens with one attached hydrogen (secondary N) is 2. The van der Waals surface area contributed by atoms with Crippen molar-refractivity contribution in [2.45, 2.75) is 25.8 Å². The second kappa shape index (κ2) is 7.00. The fraction of sp³-hybridized carbons (Fsp3) is 0.429. The van der Waals surface area contributed by atoms with Crippen LogP contribution in [0.5, 0.6) is 0 Å². The maximum absolute atomic E-state index is 11.2. The molecule has 1 heterocycles. The van der Waals surface area contributed by atoms with E-state index in [0.717, 1.165) is 28.3 Å². The van der Waals surface area contributed by atoms with Crippen LogP contribution in [0.4, 0.5) is 0 Å². The molecule has 0 saturated heterocycles. The van der Waals surface area contributed by atoms with Crippen molar-refractivity contribution in [1.29, 1.82) is 0 Å². The Morgan fingerprint density at radius 1 is 1.17 bits per heavy atom. The van der Waals surface area contributed by atoms with Crippen LogP contribution in [0.2, 0.25) is 0 Å². The molecule has 0 saturated carbocycles. The second-order valence-corrected chi connectivity index (χ2v) is 8.94. The predicted molar refractivity (Wildman–Crippen MR) is 89.3 cm³/mol. The van der Waals surface area contributed by atoms with Gasteiger partial charge in [-0.15, -0.1) is 0 Å². The van der Waals surface area contributed by atoms with E-state index in [9.17, 15) is 16.8 Å². The summed E-state index contributed by atoms with van der Waals surface area (Å²) in [6, 6.07) is 5.65. The van der Waals surface area contributed by atoms with Gasteiger partial charge in [0.15, 0.2) is 0 Å². The number of aromatic amines is 1. The minimum absolute atomic E-state index is 0.224. The number of hydrogen-bond acceptors (Lipinski definition) is 4. The molecule has 0 aliphatic rings. The highest BCUT2D eigenvalue weighted by atomic mass is 32.2. The van der Waals surface area contributed by atoms with Gasteiger partial charge in [0.25, 0.3) is 10.1 Å². The van der Waals surface area contributed by atoms with E-state index in [0.29, 0.717) is 19.3 Å². The smallest absolute Gasteiger partial charge is 0.264 e. The molecule has 9 heteroatoms. The third kappa shape index (κ3) is 5.94. The molecule has 128 valence electrons. The molecule has 0 aliphatic carbocycles. The minimum atomic E-state index is -3.91. The lowest BCUT2D eigenvalue weighted by molar-refractivity contribution is 0.480. The number of H-pyrrole nitrogens is 1. The number of fused-ring (bicyclic) bond motifs is 1. The molecule has 1 aromatic heterocycles. The summed E-state index contributed by atoms with van der Waals surface area (Å²) in [6.07, 6.45) is 4.69. The molecule has 0 atom stereocenters. The normalized spacial score (nSPS) is 12.8. The van der Waals surface area contributed by atoms with Crippen molar-refractivity contribution < 1.29 is 21.4 Å². The van der Waals surface area contributed by atoms with Crippen LogP contribution in [-0.4, -0.2) is 38.4 Å². The first-order chi connectivity index (χ1) is 10.6. The summed E-state index contributed by atoms with van der Waals surface area (Å²) < 4.78 is 54.9. The van der Waals surface area contributed by atoms with Crippen LogP contribution < -0.4 is 4.72 Å².